The zero-order valence-corrected chi connectivity index (χ0v) is 11.9. The highest BCUT2D eigenvalue weighted by atomic mass is 32.1. The van der Waals surface area contributed by atoms with Crippen LogP contribution in [0.3, 0.4) is 0 Å². The van der Waals surface area contributed by atoms with Gasteiger partial charge in [-0.3, -0.25) is 0 Å². The Balaban J connectivity index is 2.35. The second-order valence-electron chi connectivity index (χ2n) is 5.10. The second-order valence-corrected chi connectivity index (χ2v) is 5.88. The topological polar surface area (TPSA) is 49.8 Å². The molecule has 0 spiro atoms. The van der Waals surface area contributed by atoms with Crippen molar-refractivity contribution in [3.8, 4) is 0 Å². The van der Waals surface area contributed by atoms with Crippen molar-refractivity contribution >= 4 is 28.7 Å². The molecule has 0 aliphatic heterocycles. The van der Waals surface area contributed by atoms with Crippen LogP contribution in [-0.4, -0.2) is 17.0 Å². The smallest absolute Gasteiger partial charge is 0.138 e. The van der Waals surface area contributed by atoms with Crippen LogP contribution >= 0.6 is 11.3 Å². The Morgan fingerprint density at radius 1 is 1.17 bits per heavy atom. The summed E-state index contributed by atoms with van der Waals surface area (Å²) in [6, 6.07) is 3.94. The van der Waals surface area contributed by atoms with Crippen LogP contribution in [0.25, 0.3) is 0 Å². The van der Waals surface area contributed by atoms with Crippen LogP contribution in [0.5, 0.6) is 0 Å². The molecule has 2 aromatic rings. The van der Waals surface area contributed by atoms with Crippen LogP contribution < -0.4 is 10.6 Å². The van der Waals surface area contributed by atoms with Crippen molar-refractivity contribution < 1.29 is 0 Å². The fourth-order valence-electron chi connectivity index (χ4n) is 1.46. The van der Waals surface area contributed by atoms with Gasteiger partial charge in [0.2, 0.25) is 0 Å². The lowest BCUT2D eigenvalue weighted by Crippen LogP contribution is -2.17. The number of hydrogen-bond donors (Lipinski definition) is 2. The molecule has 2 N–H and O–H groups in total. The predicted octanol–water partition coefficient (Wildman–Crippen LogP) is 3.62. The predicted molar refractivity (Wildman–Crippen MR) is 77.9 cm³/mol. The van der Waals surface area contributed by atoms with Crippen molar-refractivity contribution in [2.45, 2.75) is 26.2 Å². The highest BCUT2D eigenvalue weighted by Crippen LogP contribution is 2.24. The first-order valence-corrected chi connectivity index (χ1v) is 6.80. The molecule has 0 atom stereocenters. The molecule has 0 saturated carbocycles. The summed E-state index contributed by atoms with van der Waals surface area (Å²) >= 11 is 1.66. The van der Waals surface area contributed by atoms with Crippen LogP contribution in [-0.2, 0) is 5.41 Å². The van der Waals surface area contributed by atoms with E-state index in [-0.39, 0.29) is 5.41 Å². The molecule has 0 saturated heterocycles. The summed E-state index contributed by atoms with van der Waals surface area (Å²) in [5.41, 5.74) is 0.985. The van der Waals surface area contributed by atoms with Gasteiger partial charge in [0.05, 0.1) is 5.69 Å². The number of rotatable bonds is 3. The van der Waals surface area contributed by atoms with E-state index < -0.39 is 0 Å². The lowest BCUT2D eigenvalue weighted by molar-refractivity contribution is 0.547. The first-order valence-electron chi connectivity index (χ1n) is 5.85. The summed E-state index contributed by atoms with van der Waals surface area (Å²) in [5.74, 6) is 2.47. The van der Waals surface area contributed by atoms with Crippen molar-refractivity contribution in [2.24, 2.45) is 0 Å². The molecule has 5 heteroatoms. The molecule has 2 aromatic heterocycles. The van der Waals surface area contributed by atoms with E-state index in [9.17, 15) is 0 Å². The third-order valence-electron chi connectivity index (χ3n) is 2.45. The lowest BCUT2D eigenvalue weighted by atomic mass is 9.96. The fraction of sp³-hybridized carbons (Fsp3) is 0.385. The average Bonchev–Trinajstić information content (AvgIpc) is 2.80. The number of thiophene rings is 1. The zero-order valence-electron chi connectivity index (χ0n) is 11.1. The molecule has 0 aromatic carbocycles. The van der Waals surface area contributed by atoms with Crippen LogP contribution in [0.1, 0.15) is 26.6 Å². The van der Waals surface area contributed by atoms with E-state index in [1.165, 1.54) is 0 Å². The minimum Gasteiger partial charge on any atom is -0.373 e. The molecule has 0 aliphatic rings. The first-order chi connectivity index (χ1) is 8.49. The Morgan fingerprint density at radius 2 is 1.89 bits per heavy atom. The molecule has 0 radical (unpaired) electrons. The summed E-state index contributed by atoms with van der Waals surface area (Å²) in [7, 11) is 1.86. The number of nitrogens with one attached hydrogen (secondary N) is 2. The maximum absolute atomic E-state index is 4.57. The van der Waals surface area contributed by atoms with Crippen LogP contribution in [0.2, 0.25) is 0 Å². The van der Waals surface area contributed by atoms with Gasteiger partial charge in [0.1, 0.15) is 17.5 Å². The van der Waals surface area contributed by atoms with Gasteiger partial charge in [0, 0.05) is 23.9 Å². The molecule has 0 aliphatic carbocycles. The quantitative estimate of drug-likeness (QED) is 0.887. The van der Waals surface area contributed by atoms with Crippen LogP contribution in [0.4, 0.5) is 17.3 Å². The SMILES string of the molecule is CNc1cc(Nc2ccsc2)nc(C(C)(C)C)n1. The fourth-order valence-corrected chi connectivity index (χ4v) is 2.05. The van der Waals surface area contributed by atoms with Gasteiger partial charge in [-0.25, -0.2) is 9.97 Å². The lowest BCUT2D eigenvalue weighted by Gasteiger charge is -2.18. The molecular formula is C13H18N4S. The first kappa shape index (κ1) is 12.8. The average molecular weight is 262 g/mol. The zero-order chi connectivity index (χ0) is 13.2. The summed E-state index contributed by atoms with van der Waals surface area (Å²) in [6.07, 6.45) is 0. The van der Waals surface area contributed by atoms with Gasteiger partial charge >= 0.3 is 0 Å². The van der Waals surface area contributed by atoms with E-state index in [1.54, 1.807) is 11.3 Å². The normalized spacial score (nSPS) is 11.3. The van der Waals surface area contributed by atoms with Crippen molar-refractivity contribution in [3.63, 3.8) is 0 Å². The van der Waals surface area contributed by atoms with Gasteiger partial charge in [-0.2, -0.15) is 11.3 Å². The van der Waals surface area contributed by atoms with Crippen molar-refractivity contribution in [2.75, 3.05) is 17.7 Å². The number of hydrogen-bond acceptors (Lipinski definition) is 5. The summed E-state index contributed by atoms with van der Waals surface area (Å²) in [4.78, 5) is 9.06. The van der Waals surface area contributed by atoms with Crippen LogP contribution in [0.15, 0.2) is 22.9 Å². The van der Waals surface area contributed by atoms with Gasteiger partial charge in [0.15, 0.2) is 0 Å². The van der Waals surface area contributed by atoms with Crippen molar-refractivity contribution in [1.29, 1.82) is 0 Å². The van der Waals surface area contributed by atoms with E-state index in [0.717, 1.165) is 23.1 Å². The molecule has 4 nitrogen and oxygen atoms in total. The molecule has 18 heavy (non-hydrogen) atoms. The standard InChI is InChI=1S/C13H18N4S/c1-13(2,3)12-16-10(14-4)7-11(17-12)15-9-5-6-18-8-9/h5-8H,1-4H3,(H2,14,15,16,17). The minimum absolute atomic E-state index is 0.0715. The molecule has 0 amide bonds. The van der Waals surface area contributed by atoms with E-state index in [4.69, 9.17) is 0 Å². The molecular weight excluding hydrogens is 244 g/mol. The van der Waals surface area contributed by atoms with Crippen molar-refractivity contribution in [1.82, 2.24) is 9.97 Å². The van der Waals surface area contributed by atoms with E-state index >= 15 is 0 Å². The Bertz CT molecular complexity index is 514. The Morgan fingerprint density at radius 3 is 2.44 bits per heavy atom. The Kier molecular flexibility index (Phi) is 3.52. The van der Waals surface area contributed by atoms with E-state index in [1.807, 2.05) is 24.6 Å². The molecule has 2 rings (SSSR count). The van der Waals surface area contributed by atoms with Gasteiger partial charge in [-0.1, -0.05) is 20.8 Å². The maximum atomic E-state index is 4.57. The largest absolute Gasteiger partial charge is 0.373 e. The van der Waals surface area contributed by atoms with Gasteiger partial charge < -0.3 is 10.6 Å². The molecule has 96 valence electrons. The molecule has 0 bridgehead atoms. The van der Waals surface area contributed by atoms with Gasteiger partial charge in [-0.05, 0) is 11.4 Å². The minimum atomic E-state index is -0.0715. The van der Waals surface area contributed by atoms with Crippen LogP contribution in [0, 0.1) is 0 Å². The molecule has 0 fully saturated rings. The monoisotopic (exact) mass is 262 g/mol. The van der Waals surface area contributed by atoms with Gasteiger partial charge in [-0.15, -0.1) is 0 Å². The summed E-state index contributed by atoms with van der Waals surface area (Å²) in [5, 5.41) is 10.4. The number of anilines is 3. The highest BCUT2D eigenvalue weighted by Gasteiger charge is 2.19. The Labute approximate surface area is 111 Å². The van der Waals surface area contributed by atoms with Gasteiger partial charge in [0.25, 0.3) is 0 Å². The summed E-state index contributed by atoms with van der Waals surface area (Å²) in [6.45, 7) is 6.32. The summed E-state index contributed by atoms with van der Waals surface area (Å²) < 4.78 is 0. The maximum Gasteiger partial charge on any atom is 0.138 e. The molecule has 0 unspecified atom stereocenters. The number of nitrogens with zero attached hydrogens (tertiary/aromatic N) is 2. The second kappa shape index (κ2) is 4.94. The van der Waals surface area contributed by atoms with E-state index in [2.05, 4.69) is 46.8 Å². The third kappa shape index (κ3) is 2.98. The Hall–Kier alpha value is -1.62. The molecule has 2 heterocycles. The van der Waals surface area contributed by atoms with E-state index in [0.29, 0.717) is 0 Å². The third-order valence-corrected chi connectivity index (χ3v) is 3.13. The number of aromatic nitrogens is 2. The highest BCUT2D eigenvalue weighted by molar-refractivity contribution is 7.08. The van der Waals surface area contributed by atoms with Crippen molar-refractivity contribution in [3.05, 3.63) is 28.7 Å².